The molecule has 0 spiro atoms. The zero-order chi connectivity index (χ0) is 10.5. The molecule has 0 fully saturated rings. The lowest BCUT2D eigenvalue weighted by Gasteiger charge is -1.92. The highest BCUT2D eigenvalue weighted by Crippen LogP contribution is 2.21. The van der Waals surface area contributed by atoms with E-state index in [1.165, 1.54) is 6.33 Å². The van der Waals surface area contributed by atoms with Crippen molar-refractivity contribution in [2.24, 2.45) is 0 Å². The Morgan fingerprint density at radius 2 is 2.07 bits per heavy atom. The van der Waals surface area contributed by atoms with E-state index in [-0.39, 0.29) is 0 Å². The molecule has 0 saturated heterocycles. The van der Waals surface area contributed by atoms with Crippen molar-refractivity contribution in [1.82, 2.24) is 25.5 Å². The molecule has 15 heavy (non-hydrogen) atoms. The molecule has 2 aromatic heterocycles. The maximum Gasteiger partial charge on any atom is 0.150 e. The Kier molecular flexibility index (Phi) is 3.31. The second kappa shape index (κ2) is 4.90. The Balaban J connectivity index is 2.14. The van der Waals surface area contributed by atoms with Crippen LogP contribution in [0.5, 0.6) is 0 Å². The van der Waals surface area contributed by atoms with E-state index in [1.54, 1.807) is 23.7 Å². The third kappa shape index (κ3) is 2.54. The van der Waals surface area contributed by atoms with Crippen molar-refractivity contribution in [2.75, 3.05) is 13.6 Å². The summed E-state index contributed by atoms with van der Waals surface area (Å²) in [7, 11) is 1.92. The maximum atomic E-state index is 4.10. The van der Waals surface area contributed by atoms with Gasteiger partial charge in [-0.15, -0.1) is 10.2 Å². The molecule has 2 heterocycles. The molecule has 5 nitrogen and oxygen atoms in total. The topological polar surface area (TPSA) is 63.6 Å². The van der Waals surface area contributed by atoms with Crippen molar-refractivity contribution in [1.29, 1.82) is 0 Å². The summed E-state index contributed by atoms with van der Waals surface area (Å²) in [4.78, 5) is 7.90. The molecule has 2 rings (SSSR count). The van der Waals surface area contributed by atoms with Gasteiger partial charge < -0.3 is 5.32 Å². The minimum absolute atomic E-state index is 0.877. The number of hydrogen-bond donors (Lipinski definition) is 1. The molecular formula is C9H11N5S. The van der Waals surface area contributed by atoms with Crippen LogP contribution in [-0.4, -0.2) is 33.8 Å². The summed E-state index contributed by atoms with van der Waals surface area (Å²) < 4.78 is 0. The predicted molar refractivity (Wildman–Crippen MR) is 58.6 cm³/mol. The van der Waals surface area contributed by atoms with Crippen molar-refractivity contribution in [3.63, 3.8) is 0 Å². The van der Waals surface area contributed by atoms with Crippen molar-refractivity contribution in [2.45, 2.75) is 6.42 Å². The molecule has 0 atom stereocenters. The van der Waals surface area contributed by atoms with Gasteiger partial charge in [-0.25, -0.2) is 9.97 Å². The third-order valence-corrected chi connectivity index (χ3v) is 2.90. The van der Waals surface area contributed by atoms with Crippen LogP contribution >= 0.6 is 11.3 Å². The number of likely N-dealkylation sites (N-methyl/N-ethyl adjacent to an activating group) is 1. The van der Waals surface area contributed by atoms with Crippen molar-refractivity contribution < 1.29 is 0 Å². The molecule has 0 amide bonds. The van der Waals surface area contributed by atoms with E-state index in [2.05, 4.69) is 25.5 Å². The molecule has 6 heteroatoms. The first kappa shape index (κ1) is 10.1. The largest absolute Gasteiger partial charge is 0.319 e. The smallest absolute Gasteiger partial charge is 0.150 e. The van der Waals surface area contributed by atoms with Gasteiger partial charge in [0, 0.05) is 30.9 Å². The van der Waals surface area contributed by atoms with Crippen LogP contribution in [0.1, 0.15) is 5.01 Å². The van der Waals surface area contributed by atoms with E-state index >= 15 is 0 Å². The van der Waals surface area contributed by atoms with Crippen molar-refractivity contribution in [3.05, 3.63) is 23.7 Å². The van der Waals surface area contributed by atoms with Gasteiger partial charge in [0.15, 0.2) is 5.01 Å². The summed E-state index contributed by atoms with van der Waals surface area (Å²) in [5, 5.41) is 13.2. The van der Waals surface area contributed by atoms with Crippen LogP contribution in [-0.2, 0) is 6.42 Å². The molecule has 0 aromatic carbocycles. The molecule has 1 N–H and O–H groups in total. The fourth-order valence-electron chi connectivity index (χ4n) is 1.11. The minimum atomic E-state index is 0.877. The zero-order valence-corrected chi connectivity index (χ0v) is 9.16. The Morgan fingerprint density at radius 1 is 1.27 bits per heavy atom. The quantitative estimate of drug-likeness (QED) is 0.825. The predicted octanol–water partition coefficient (Wildman–Crippen LogP) is 0.757. The Morgan fingerprint density at radius 3 is 2.80 bits per heavy atom. The van der Waals surface area contributed by atoms with Crippen LogP contribution in [0.4, 0.5) is 0 Å². The molecule has 0 bridgehead atoms. The first-order valence-electron chi connectivity index (χ1n) is 4.62. The number of nitrogens with zero attached hydrogens (tertiary/aromatic N) is 4. The fourth-order valence-corrected chi connectivity index (χ4v) is 1.93. The average Bonchev–Trinajstić information content (AvgIpc) is 2.76. The van der Waals surface area contributed by atoms with Crippen LogP contribution < -0.4 is 5.32 Å². The Hall–Kier alpha value is -1.40. The normalized spacial score (nSPS) is 10.5. The summed E-state index contributed by atoms with van der Waals surface area (Å²) >= 11 is 1.58. The third-order valence-electron chi connectivity index (χ3n) is 1.86. The number of rotatable bonds is 4. The summed E-state index contributed by atoms with van der Waals surface area (Å²) in [6.45, 7) is 0.917. The van der Waals surface area contributed by atoms with Gasteiger partial charge in [0.25, 0.3) is 0 Å². The lowest BCUT2D eigenvalue weighted by atomic mass is 10.4. The van der Waals surface area contributed by atoms with Crippen molar-refractivity contribution >= 4 is 11.3 Å². The number of hydrogen-bond acceptors (Lipinski definition) is 6. The highest BCUT2D eigenvalue weighted by molar-refractivity contribution is 7.14. The Bertz CT molecular complexity index is 413. The fraction of sp³-hybridized carbons (Fsp3) is 0.333. The molecule has 0 unspecified atom stereocenters. The van der Waals surface area contributed by atoms with Gasteiger partial charge in [0.1, 0.15) is 11.3 Å². The highest BCUT2D eigenvalue weighted by Gasteiger charge is 2.05. The van der Waals surface area contributed by atoms with Gasteiger partial charge in [-0.05, 0) is 7.05 Å². The molecule has 0 aliphatic rings. The standard InChI is InChI=1S/C9H11N5S/c1-10-3-2-8-13-14-9(15-8)7-4-11-6-12-5-7/h4-6,10H,2-3H2,1H3. The lowest BCUT2D eigenvalue weighted by Crippen LogP contribution is -2.09. The molecule has 0 saturated carbocycles. The van der Waals surface area contributed by atoms with Crippen LogP contribution in [0.3, 0.4) is 0 Å². The van der Waals surface area contributed by atoms with E-state index in [4.69, 9.17) is 0 Å². The molecule has 0 aliphatic heterocycles. The maximum absolute atomic E-state index is 4.10. The van der Waals surface area contributed by atoms with Gasteiger partial charge in [-0.1, -0.05) is 11.3 Å². The average molecular weight is 221 g/mol. The van der Waals surface area contributed by atoms with Gasteiger partial charge in [-0.2, -0.15) is 0 Å². The molecule has 2 aromatic rings. The van der Waals surface area contributed by atoms with Crippen molar-refractivity contribution in [3.8, 4) is 10.6 Å². The number of nitrogens with one attached hydrogen (secondary N) is 1. The second-order valence-corrected chi connectivity index (χ2v) is 4.04. The van der Waals surface area contributed by atoms with E-state index < -0.39 is 0 Å². The van der Waals surface area contributed by atoms with Gasteiger partial charge in [-0.3, -0.25) is 0 Å². The highest BCUT2D eigenvalue weighted by atomic mass is 32.1. The summed E-state index contributed by atoms with van der Waals surface area (Å²) in [5.74, 6) is 0. The summed E-state index contributed by atoms with van der Waals surface area (Å²) in [6, 6.07) is 0. The summed E-state index contributed by atoms with van der Waals surface area (Å²) in [6.07, 6.45) is 5.90. The lowest BCUT2D eigenvalue weighted by molar-refractivity contribution is 0.779. The first-order chi connectivity index (χ1) is 7.40. The minimum Gasteiger partial charge on any atom is -0.319 e. The SMILES string of the molecule is CNCCc1nnc(-c2cncnc2)s1. The molecular weight excluding hydrogens is 210 g/mol. The van der Waals surface area contributed by atoms with Crippen LogP contribution in [0, 0.1) is 0 Å². The van der Waals surface area contributed by atoms with E-state index in [0.717, 1.165) is 28.5 Å². The number of aromatic nitrogens is 4. The first-order valence-corrected chi connectivity index (χ1v) is 5.44. The van der Waals surface area contributed by atoms with E-state index in [1.807, 2.05) is 7.05 Å². The van der Waals surface area contributed by atoms with Gasteiger partial charge >= 0.3 is 0 Å². The zero-order valence-electron chi connectivity index (χ0n) is 8.34. The molecule has 78 valence electrons. The monoisotopic (exact) mass is 221 g/mol. The molecule has 0 aliphatic carbocycles. The van der Waals surface area contributed by atoms with E-state index in [0.29, 0.717) is 0 Å². The Labute approximate surface area is 91.6 Å². The van der Waals surface area contributed by atoms with Gasteiger partial charge in [0.05, 0.1) is 0 Å². The molecule has 0 radical (unpaired) electrons. The van der Waals surface area contributed by atoms with Crippen LogP contribution in [0.15, 0.2) is 18.7 Å². The summed E-state index contributed by atoms with van der Waals surface area (Å²) in [5.41, 5.74) is 0.922. The second-order valence-electron chi connectivity index (χ2n) is 2.98. The van der Waals surface area contributed by atoms with E-state index in [9.17, 15) is 0 Å². The van der Waals surface area contributed by atoms with Crippen LogP contribution in [0.25, 0.3) is 10.6 Å². The van der Waals surface area contributed by atoms with Gasteiger partial charge in [0.2, 0.25) is 0 Å². The van der Waals surface area contributed by atoms with Crippen LogP contribution in [0.2, 0.25) is 0 Å².